The fourth-order valence-electron chi connectivity index (χ4n) is 4.99. The van der Waals surface area contributed by atoms with Crippen molar-refractivity contribution in [3.8, 4) is 0 Å². The molecule has 0 aromatic heterocycles. The van der Waals surface area contributed by atoms with Gasteiger partial charge in [0.05, 0.1) is 23.6 Å². The van der Waals surface area contributed by atoms with E-state index in [-0.39, 0.29) is 55.1 Å². The van der Waals surface area contributed by atoms with Gasteiger partial charge in [-0.1, -0.05) is 76.2 Å². The number of halogens is 1. The number of benzene rings is 3. The molecule has 12 heteroatoms. The summed E-state index contributed by atoms with van der Waals surface area (Å²) in [7, 11) is -4.03. The Morgan fingerprint density at radius 3 is 2.20 bits per heavy atom. The molecule has 0 unspecified atom stereocenters. The maximum Gasteiger partial charge on any atom is 0.243 e. The average molecular weight is 656 g/mol. The summed E-state index contributed by atoms with van der Waals surface area (Å²) in [5, 5.41) is 20.1. The maximum absolute atomic E-state index is 13.7. The minimum Gasteiger partial charge on any atom is -0.399 e. The Morgan fingerprint density at radius 1 is 0.891 bits per heavy atom. The van der Waals surface area contributed by atoms with Crippen LogP contribution in [0.4, 0.5) is 10.1 Å². The molecule has 3 aromatic carbocycles. The van der Waals surface area contributed by atoms with Gasteiger partial charge in [-0.3, -0.25) is 9.59 Å². The summed E-state index contributed by atoms with van der Waals surface area (Å²) in [5.41, 5.74) is 7.66. The van der Waals surface area contributed by atoms with Gasteiger partial charge in [-0.2, -0.15) is 4.31 Å². The number of nitrogens with two attached hydrogens (primary N) is 1. The number of amides is 2. The van der Waals surface area contributed by atoms with Crippen molar-refractivity contribution in [2.75, 3.05) is 25.4 Å². The first-order valence-corrected chi connectivity index (χ1v) is 16.8. The van der Waals surface area contributed by atoms with Crippen LogP contribution in [0.2, 0.25) is 0 Å². The van der Waals surface area contributed by atoms with E-state index in [1.807, 2.05) is 44.2 Å². The van der Waals surface area contributed by atoms with Crippen LogP contribution in [0.5, 0.6) is 0 Å². The lowest BCUT2D eigenvalue weighted by atomic mass is 9.98. The van der Waals surface area contributed by atoms with Crippen molar-refractivity contribution in [1.29, 1.82) is 0 Å². The standard InChI is InChI=1S/C34H46FN5O5S/c1-23(2)21-40(46(44,45)29-15-9-14-28(36)18-29)22-31(41)30(17-25-10-6-5-7-11-25)38-34(43)33(24(3)4)39-32(42)20-37-19-26-12-8-13-27(35)16-26/h5-16,18,23-24,30-31,33,37,41H,17,19-22,36H2,1-4H3,(H,38,43)(H,39,42)/t30-,31+,33-/m0/s1. The molecule has 0 saturated carbocycles. The Balaban J connectivity index is 1.77. The minimum atomic E-state index is -4.03. The topological polar surface area (TPSA) is 154 Å². The molecule has 2 amide bonds. The van der Waals surface area contributed by atoms with E-state index < -0.39 is 40.0 Å². The Bertz CT molecular complexity index is 1540. The lowest BCUT2D eigenvalue weighted by Gasteiger charge is -2.32. The third-order valence-corrected chi connectivity index (χ3v) is 9.14. The highest BCUT2D eigenvalue weighted by Crippen LogP contribution is 2.21. The minimum absolute atomic E-state index is 0.0117. The van der Waals surface area contributed by atoms with Gasteiger partial charge in [-0.15, -0.1) is 0 Å². The zero-order valence-electron chi connectivity index (χ0n) is 26.8. The van der Waals surface area contributed by atoms with Gasteiger partial charge in [0.25, 0.3) is 0 Å². The van der Waals surface area contributed by atoms with Crippen LogP contribution in [0.15, 0.2) is 83.8 Å². The van der Waals surface area contributed by atoms with E-state index in [9.17, 15) is 27.5 Å². The van der Waals surface area contributed by atoms with Gasteiger partial charge >= 0.3 is 0 Å². The molecular formula is C34H46FN5O5S. The van der Waals surface area contributed by atoms with Gasteiger partial charge in [0, 0.05) is 25.3 Å². The van der Waals surface area contributed by atoms with E-state index in [1.165, 1.54) is 28.6 Å². The molecule has 0 aliphatic heterocycles. The third kappa shape index (κ3) is 11.2. The molecule has 0 bridgehead atoms. The van der Waals surface area contributed by atoms with E-state index in [2.05, 4.69) is 16.0 Å². The molecule has 46 heavy (non-hydrogen) atoms. The molecule has 250 valence electrons. The van der Waals surface area contributed by atoms with Crippen LogP contribution in [0.3, 0.4) is 0 Å². The van der Waals surface area contributed by atoms with Gasteiger partial charge in [0.2, 0.25) is 21.8 Å². The Kier molecular flexibility index (Phi) is 13.7. The number of nitrogens with one attached hydrogen (secondary N) is 3. The third-order valence-electron chi connectivity index (χ3n) is 7.32. The first-order valence-electron chi connectivity index (χ1n) is 15.4. The van der Waals surface area contributed by atoms with Crippen LogP contribution in [0.1, 0.15) is 38.8 Å². The van der Waals surface area contributed by atoms with E-state index in [0.717, 1.165) is 5.56 Å². The van der Waals surface area contributed by atoms with Crippen molar-refractivity contribution in [2.24, 2.45) is 11.8 Å². The second-order valence-electron chi connectivity index (χ2n) is 12.2. The van der Waals surface area contributed by atoms with Crippen molar-refractivity contribution < 1.29 is 27.5 Å². The molecule has 3 rings (SSSR count). The molecule has 0 heterocycles. The van der Waals surface area contributed by atoms with E-state index >= 15 is 0 Å². The molecule has 0 aliphatic rings. The summed E-state index contributed by atoms with van der Waals surface area (Å²) in [6.07, 6.45) is -1.08. The number of carbonyl (C=O) groups is 2. The lowest BCUT2D eigenvalue weighted by molar-refractivity contribution is -0.130. The monoisotopic (exact) mass is 655 g/mol. The highest BCUT2D eigenvalue weighted by atomic mass is 32.2. The van der Waals surface area contributed by atoms with Crippen LogP contribution in [0.25, 0.3) is 0 Å². The summed E-state index contributed by atoms with van der Waals surface area (Å²) < 4.78 is 42.0. The number of nitrogens with zero attached hydrogens (tertiary/aromatic N) is 1. The average Bonchev–Trinajstić information content (AvgIpc) is 2.99. The molecule has 0 fully saturated rings. The summed E-state index contributed by atoms with van der Waals surface area (Å²) in [6.45, 7) is 7.34. The lowest BCUT2D eigenvalue weighted by Crippen LogP contribution is -2.57. The van der Waals surface area contributed by atoms with Gasteiger partial charge in [-0.25, -0.2) is 12.8 Å². The predicted octanol–water partition coefficient (Wildman–Crippen LogP) is 3.07. The second kappa shape index (κ2) is 17.2. The van der Waals surface area contributed by atoms with Crippen molar-refractivity contribution in [2.45, 2.75) is 63.7 Å². The fraction of sp³-hybridized carbons (Fsp3) is 0.412. The van der Waals surface area contributed by atoms with Crippen molar-refractivity contribution in [3.63, 3.8) is 0 Å². The summed E-state index contributed by atoms with van der Waals surface area (Å²) in [6, 6.07) is 19.4. The van der Waals surface area contributed by atoms with Crippen LogP contribution >= 0.6 is 0 Å². The van der Waals surface area contributed by atoms with Crippen LogP contribution in [-0.4, -0.2) is 67.5 Å². The zero-order chi connectivity index (χ0) is 33.9. The first-order chi connectivity index (χ1) is 21.8. The van der Waals surface area contributed by atoms with Gasteiger partial charge < -0.3 is 26.8 Å². The number of hydrogen-bond donors (Lipinski definition) is 5. The summed E-state index contributed by atoms with van der Waals surface area (Å²) >= 11 is 0. The van der Waals surface area contributed by atoms with E-state index in [1.54, 1.807) is 38.1 Å². The number of carbonyl (C=O) groups excluding carboxylic acids is 2. The molecule has 0 spiro atoms. The molecule has 0 radical (unpaired) electrons. The fourth-order valence-corrected chi connectivity index (χ4v) is 6.67. The zero-order valence-corrected chi connectivity index (χ0v) is 27.6. The largest absolute Gasteiger partial charge is 0.399 e. The quantitative estimate of drug-likeness (QED) is 0.140. The molecule has 0 saturated heterocycles. The normalized spacial score (nSPS) is 13.8. The summed E-state index contributed by atoms with van der Waals surface area (Å²) in [5.74, 6) is -1.67. The highest BCUT2D eigenvalue weighted by Gasteiger charge is 2.33. The van der Waals surface area contributed by atoms with Crippen LogP contribution in [0, 0.1) is 17.7 Å². The molecular weight excluding hydrogens is 609 g/mol. The number of rotatable bonds is 17. The highest BCUT2D eigenvalue weighted by molar-refractivity contribution is 7.89. The predicted molar refractivity (Wildman–Crippen MR) is 177 cm³/mol. The van der Waals surface area contributed by atoms with Crippen LogP contribution in [-0.2, 0) is 32.6 Å². The second-order valence-corrected chi connectivity index (χ2v) is 14.1. The number of nitrogen functional groups attached to an aromatic ring is 1. The van der Waals surface area contributed by atoms with Crippen molar-refractivity contribution in [1.82, 2.24) is 20.3 Å². The first kappa shape index (κ1) is 36.6. The Morgan fingerprint density at radius 2 is 1.57 bits per heavy atom. The number of anilines is 1. The van der Waals surface area contributed by atoms with Gasteiger partial charge in [0.1, 0.15) is 11.9 Å². The SMILES string of the molecule is CC(C)CN(C[C@@H](O)[C@H](Cc1ccccc1)NC(=O)[C@@H](NC(=O)CNCc1cccc(F)c1)C(C)C)S(=O)(=O)c1cccc(N)c1. The Labute approximate surface area is 271 Å². The maximum atomic E-state index is 13.7. The number of hydrogen-bond acceptors (Lipinski definition) is 7. The van der Waals surface area contributed by atoms with Crippen molar-refractivity contribution in [3.05, 3.63) is 95.8 Å². The molecule has 3 atom stereocenters. The van der Waals surface area contributed by atoms with Gasteiger partial charge in [0.15, 0.2) is 0 Å². The summed E-state index contributed by atoms with van der Waals surface area (Å²) in [4.78, 5) is 26.4. The smallest absolute Gasteiger partial charge is 0.243 e. The molecule has 3 aromatic rings. The van der Waals surface area contributed by atoms with E-state index in [0.29, 0.717) is 11.3 Å². The number of aliphatic hydroxyl groups is 1. The van der Waals surface area contributed by atoms with Gasteiger partial charge in [-0.05, 0) is 59.7 Å². The molecule has 10 nitrogen and oxygen atoms in total. The number of sulfonamides is 1. The molecule has 6 N–H and O–H groups in total. The number of aliphatic hydroxyl groups excluding tert-OH is 1. The Hall–Kier alpha value is -3.84. The molecule has 0 aliphatic carbocycles. The van der Waals surface area contributed by atoms with Crippen molar-refractivity contribution >= 4 is 27.5 Å². The van der Waals surface area contributed by atoms with Crippen LogP contribution < -0.4 is 21.7 Å². The van der Waals surface area contributed by atoms with E-state index in [4.69, 9.17) is 5.73 Å².